The molecule has 0 aromatic heterocycles. The third kappa shape index (κ3) is 298. The minimum atomic E-state index is -1.83. The average Bonchev–Trinajstić information content (AvgIpc) is 2.03. The van der Waals surface area contributed by atoms with Gasteiger partial charge >= 0.3 is 12.3 Å². The Kier molecular flexibility index (Phi) is 22.4. The van der Waals surface area contributed by atoms with Gasteiger partial charge in [0.15, 0.2) is 0 Å². The van der Waals surface area contributed by atoms with E-state index in [0.717, 1.165) is 12.8 Å². The summed E-state index contributed by atoms with van der Waals surface area (Å²) in [6, 6.07) is 0. The summed E-state index contributed by atoms with van der Waals surface area (Å²) in [6.07, 6.45) is -1.62. The summed E-state index contributed by atoms with van der Waals surface area (Å²) >= 11 is 0. The van der Waals surface area contributed by atoms with Gasteiger partial charge in [-0.15, -0.1) is 0 Å². The van der Waals surface area contributed by atoms with E-state index in [1.807, 2.05) is 6.92 Å². The largest absolute Gasteiger partial charge is 0.503 e. The number of carbonyl (C=O) groups excluding carboxylic acids is 1. The molecule has 0 amide bonds. The molecule has 0 atom stereocenters. The van der Waals surface area contributed by atoms with Gasteiger partial charge in [0.2, 0.25) is 0 Å². The monoisotopic (exact) mass is 226 g/mol. The van der Waals surface area contributed by atoms with Gasteiger partial charge in [-0.05, 0) is 6.42 Å². The van der Waals surface area contributed by atoms with Crippen molar-refractivity contribution >= 4 is 18.8 Å². The molecule has 8 nitrogen and oxygen atoms in total. The van der Waals surface area contributed by atoms with Crippen molar-refractivity contribution in [2.24, 2.45) is 0 Å². The number of carbonyl (C=O) groups is 3. The Morgan fingerprint density at radius 3 is 1.67 bits per heavy atom. The van der Waals surface area contributed by atoms with Crippen molar-refractivity contribution in [3.63, 3.8) is 0 Å². The lowest BCUT2D eigenvalue weighted by molar-refractivity contribution is -0.128. The lowest BCUT2D eigenvalue weighted by Crippen LogP contribution is -1.88. The predicted molar refractivity (Wildman–Crippen MR) is 48.2 cm³/mol. The van der Waals surface area contributed by atoms with Crippen LogP contribution in [-0.4, -0.2) is 45.8 Å². The molecule has 0 aliphatic heterocycles. The van der Waals surface area contributed by atoms with Crippen LogP contribution in [0.25, 0.3) is 0 Å². The molecule has 0 rings (SSSR count). The molecule has 0 saturated heterocycles. The lowest BCUT2D eigenvalue weighted by atomic mass is 10.4. The highest BCUT2D eigenvalue weighted by Crippen LogP contribution is 1.83. The summed E-state index contributed by atoms with van der Waals surface area (Å²) < 4.78 is 4.39. The molecule has 0 radical (unpaired) electrons. The maximum absolute atomic E-state index is 9.46. The van der Waals surface area contributed by atoms with Crippen LogP contribution < -0.4 is 0 Å². The van der Waals surface area contributed by atoms with Crippen LogP contribution in [0.4, 0.5) is 9.59 Å². The normalized spacial score (nSPS) is 7.00. The first-order valence-corrected chi connectivity index (χ1v) is 3.77. The van der Waals surface area contributed by atoms with Gasteiger partial charge < -0.3 is 25.2 Å². The number of unbranched alkanes of at least 4 members (excludes halogenated alkanes) is 1. The van der Waals surface area contributed by atoms with Gasteiger partial charge in [-0.3, -0.25) is 4.79 Å². The van der Waals surface area contributed by atoms with Gasteiger partial charge in [0, 0.05) is 0 Å². The number of carboxylic acid groups (broad SMARTS) is 4. The topological polar surface area (TPSA) is 141 Å². The lowest BCUT2D eigenvalue weighted by Gasteiger charge is -1.90. The number of rotatable bonds is 4. The van der Waals surface area contributed by atoms with Gasteiger partial charge in [0.1, 0.15) is 0 Å². The Balaban J connectivity index is -0.000000155. The molecule has 0 fully saturated rings. The second-order valence-electron chi connectivity index (χ2n) is 1.89. The van der Waals surface area contributed by atoms with Crippen LogP contribution in [0.1, 0.15) is 19.8 Å². The molecule has 0 spiro atoms. The van der Waals surface area contributed by atoms with Crippen molar-refractivity contribution in [2.75, 3.05) is 6.61 Å². The van der Waals surface area contributed by atoms with E-state index in [2.05, 4.69) is 4.74 Å². The molecule has 90 valence electrons. The second-order valence-corrected chi connectivity index (χ2v) is 1.89. The predicted octanol–water partition coefficient (Wildman–Crippen LogP) is 1.40. The van der Waals surface area contributed by atoms with Crippen LogP contribution >= 0.6 is 0 Å². The van der Waals surface area contributed by atoms with E-state index in [0.29, 0.717) is 13.1 Å². The summed E-state index contributed by atoms with van der Waals surface area (Å²) in [7, 11) is 0. The molecule has 8 heteroatoms. The highest BCUT2D eigenvalue weighted by atomic mass is 16.6. The fourth-order valence-electron chi connectivity index (χ4n) is 0.276. The Morgan fingerprint density at radius 2 is 1.47 bits per heavy atom. The van der Waals surface area contributed by atoms with Crippen molar-refractivity contribution in [3.8, 4) is 0 Å². The van der Waals surface area contributed by atoms with Crippen LogP contribution in [0, 0.1) is 0 Å². The fourth-order valence-corrected chi connectivity index (χ4v) is 0.276. The number of hydrogen-bond donors (Lipinski definition) is 4. The van der Waals surface area contributed by atoms with Gasteiger partial charge in [-0.2, -0.15) is 0 Å². The first-order valence-electron chi connectivity index (χ1n) is 3.77. The standard InChI is InChI=1S/C5H10O2.2CH2O3/c1-2-3-4-7-5-6;2*2-1(3)4/h5H,2-4H2,1H3;2*(H2,2,3,4). The maximum atomic E-state index is 9.46. The maximum Gasteiger partial charge on any atom is 0.503 e. The Morgan fingerprint density at radius 1 is 1.13 bits per heavy atom. The molecule has 0 aromatic rings. The Hall–Kier alpha value is -1.99. The SMILES string of the molecule is CCCCOC=O.O=C(O)O.O=C(O)O. The average molecular weight is 226 g/mol. The third-order valence-corrected chi connectivity index (χ3v) is 0.684. The zero-order valence-corrected chi connectivity index (χ0v) is 8.12. The van der Waals surface area contributed by atoms with E-state index >= 15 is 0 Å². The minimum absolute atomic E-state index is 0.482. The number of ether oxygens (including phenoxy) is 1. The summed E-state index contributed by atoms with van der Waals surface area (Å²) in [5.74, 6) is 0. The van der Waals surface area contributed by atoms with Gasteiger partial charge in [0.05, 0.1) is 6.61 Å². The van der Waals surface area contributed by atoms with E-state index < -0.39 is 12.3 Å². The van der Waals surface area contributed by atoms with Crippen molar-refractivity contribution in [1.82, 2.24) is 0 Å². The van der Waals surface area contributed by atoms with Crippen molar-refractivity contribution in [2.45, 2.75) is 19.8 Å². The van der Waals surface area contributed by atoms with E-state index in [9.17, 15) is 4.79 Å². The van der Waals surface area contributed by atoms with E-state index in [4.69, 9.17) is 30.0 Å². The van der Waals surface area contributed by atoms with Crippen LogP contribution in [0.2, 0.25) is 0 Å². The molecule has 0 aromatic carbocycles. The van der Waals surface area contributed by atoms with Gasteiger partial charge in [0.25, 0.3) is 6.47 Å². The molecule has 0 unspecified atom stereocenters. The van der Waals surface area contributed by atoms with Crippen molar-refractivity contribution < 1.29 is 39.5 Å². The summed E-state index contributed by atoms with van der Waals surface area (Å²) in [6.45, 7) is 3.10. The Labute approximate surface area is 85.7 Å². The first-order chi connectivity index (χ1) is 6.88. The molecule has 0 aliphatic carbocycles. The molecule has 4 N–H and O–H groups in total. The number of hydrogen-bond acceptors (Lipinski definition) is 4. The Bertz CT molecular complexity index is 146. The third-order valence-electron chi connectivity index (χ3n) is 0.684. The summed E-state index contributed by atoms with van der Waals surface area (Å²) in [5.41, 5.74) is 0. The second kappa shape index (κ2) is 17.9. The summed E-state index contributed by atoms with van der Waals surface area (Å²) in [4.78, 5) is 26.6. The highest BCUT2D eigenvalue weighted by molar-refractivity contribution is 5.53. The molecular formula is C7H14O8. The van der Waals surface area contributed by atoms with Crippen LogP contribution in [-0.2, 0) is 9.53 Å². The first kappa shape index (κ1) is 18.7. The summed E-state index contributed by atoms with van der Waals surface area (Å²) in [5, 5.41) is 27.9. The highest BCUT2D eigenvalue weighted by Gasteiger charge is 1.78. The van der Waals surface area contributed by atoms with Crippen LogP contribution in [0.15, 0.2) is 0 Å². The van der Waals surface area contributed by atoms with E-state index in [1.54, 1.807) is 0 Å². The molecule has 0 aliphatic rings. The zero-order valence-electron chi connectivity index (χ0n) is 8.12. The molecular weight excluding hydrogens is 212 g/mol. The zero-order chi connectivity index (χ0) is 12.7. The fraction of sp³-hybridized carbons (Fsp3) is 0.571. The van der Waals surface area contributed by atoms with Crippen LogP contribution in [0.3, 0.4) is 0 Å². The molecule has 0 saturated carbocycles. The minimum Gasteiger partial charge on any atom is -0.468 e. The molecule has 15 heavy (non-hydrogen) atoms. The smallest absolute Gasteiger partial charge is 0.468 e. The van der Waals surface area contributed by atoms with Gasteiger partial charge in [-0.1, -0.05) is 13.3 Å². The van der Waals surface area contributed by atoms with Crippen molar-refractivity contribution in [3.05, 3.63) is 0 Å². The molecule has 0 bridgehead atoms. The quantitative estimate of drug-likeness (QED) is 0.416. The van der Waals surface area contributed by atoms with E-state index in [1.165, 1.54) is 0 Å². The van der Waals surface area contributed by atoms with E-state index in [-0.39, 0.29) is 0 Å². The van der Waals surface area contributed by atoms with Crippen LogP contribution in [0.5, 0.6) is 0 Å². The van der Waals surface area contributed by atoms with Crippen molar-refractivity contribution in [1.29, 1.82) is 0 Å². The van der Waals surface area contributed by atoms with Gasteiger partial charge in [-0.25, -0.2) is 9.59 Å². The molecule has 0 heterocycles.